The van der Waals surface area contributed by atoms with Gasteiger partial charge in [-0.25, -0.2) is 0 Å². The van der Waals surface area contributed by atoms with E-state index in [9.17, 15) is 4.79 Å². The Labute approximate surface area is 182 Å². The lowest BCUT2D eigenvalue weighted by Crippen LogP contribution is -2.05. The summed E-state index contributed by atoms with van der Waals surface area (Å²) in [6, 6.07) is 0. The van der Waals surface area contributed by atoms with Crippen LogP contribution in [0.5, 0.6) is 0 Å². The SMILES string of the molecule is CCCCCC=CCC=CCCCCCCCC(=O)OCCCCCCCCC. The van der Waals surface area contributed by atoms with Crippen molar-refractivity contribution < 1.29 is 9.53 Å². The molecule has 0 bridgehead atoms. The van der Waals surface area contributed by atoms with Gasteiger partial charge >= 0.3 is 5.97 Å². The third-order valence-electron chi connectivity index (χ3n) is 5.34. The van der Waals surface area contributed by atoms with Crippen molar-refractivity contribution in [2.24, 2.45) is 0 Å². The third kappa shape index (κ3) is 24.9. The van der Waals surface area contributed by atoms with Crippen molar-refractivity contribution >= 4 is 5.97 Å². The van der Waals surface area contributed by atoms with E-state index in [4.69, 9.17) is 4.74 Å². The van der Waals surface area contributed by atoms with Crippen LogP contribution in [-0.4, -0.2) is 12.6 Å². The Balaban J connectivity index is 3.25. The van der Waals surface area contributed by atoms with E-state index in [0.717, 1.165) is 25.7 Å². The van der Waals surface area contributed by atoms with Crippen LogP contribution in [0.25, 0.3) is 0 Å². The Morgan fingerprint density at radius 2 is 1.07 bits per heavy atom. The predicted octanol–water partition coefficient (Wildman–Crippen LogP) is 9.09. The molecule has 0 aliphatic carbocycles. The summed E-state index contributed by atoms with van der Waals surface area (Å²) in [7, 11) is 0. The van der Waals surface area contributed by atoms with E-state index >= 15 is 0 Å². The summed E-state index contributed by atoms with van der Waals surface area (Å²) < 4.78 is 5.34. The summed E-state index contributed by atoms with van der Waals surface area (Å²) in [6.45, 7) is 5.11. The molecule has 0 radical (unpaired) electrons. The fourth-order valence-corrected chi connectivity index (χ4v) is 3.40. The highest BCUT2D eigenvalue weighted by atomic mass is 16.5. The van der Waals surface area contributed by atoms with E-state index in [-0.39, 0.29) is 5.97 Å². The van der Waals surface area contributed by atoms with Gasteiger partial charge in [-0.3, -0.25) is 4.79 Å². The van der Waals surface area contributed by atoms with E-state index in [1.807, 2.05) is 0 Å². The van der Waals surface area contributed by atoms with Gasteiger partial charge in [-0.1, -0.05) is 109 Å². The third-order valence-corrected chi connectivity index (χ3v) is 5.34. The molecule has 2 heteroatoms. The van der Waals surface area contributed by atoms with Crippen molar-refractivity contribution in [3.8, 4) is 0 Å². The molecule has 0 N–H and O–H groups in total. The van der Waals surface area contributed by atoms with Gasteiger partial charge < -0.3 is 4.74 Å². The Kier molecular flexibility index (Phi) is 24.1. The topological polar surface area (TPSA) is 26.3 Å². The molecule has 0 aromatic rings. The van der Waals surface area contributed by atoms with Crippen LogP contribution in [0.4, 0.5) is 0 Å². The first kappa shape index (κ1) is 27.9. The second-order valence-electron chi connectivity index (χ2n) is 8.32. The highest BCUT2D eigenvalue weighted by molar-refractivity contribution is 5.69. The average molecular weight is 407 g/mol. The summed E-state index contributed by atoms with van der Waals surface area (Å²) in [4.78, 5) is 11.7. The van der Waals surface area contributed by atoms with Gasteiger partial charge in [0, 0.05) is 6.42 Å². The van der Waals surface area contributed by atoms with Crippen LogP contribution in [0.15, 0.2) is 24.3 Å². The van der Waals surface area contributed by atoms with Crippen molar-refractivity contribution in [3.05, 3.63) is 24.3 Å². The number of carbonyl (C=O) groups excluding carboxylic acids is 1. The van der Waals surface area contributed by atoms with Gasteiger partial charge in [0.1, 0.15) is 0 Å². The van der Waals surface area contributed by atoms with Crippen LogP contribution in [0.3, 0.4) is 0 Å². The van der Waals surface area contributed by atoms with Crippen molar-refractivity contribution in [2.45, 2.75) is 136 Å². The van der Waals surface area contributed by atoms with Crippen LogP contribution in [0.1, 0.15) is 136 Å². The van der Waals surface area contributed by atoms with E-state index in [1.54, 1.807) is 0 Å². The highest BCUT2D eigenvalue weighted by Crippen LogP contribution is 2.10. The average Bonchev–Trinajstić information content (AvgIpc) is 2.72. The lowest BCUT2D eigenvalue weighted by molar-refractivity contribution is -0.143. The maximum absolute atomic E-state index is 11.7. The van der Waals surface area contributed by atoms with Gasteiger partial charge in [-0.2, -0.15) is 0 Å². The van der Waals surface area contributed by atoms with Gasteiger partial charge in [0.25, 0.3) is 0 Å². The summed E-state index contributed by atoms with van der Waals surface area (Å²) >= 11 is 0. The molecular weight excluding hydrogens is 356 g/mol. The predicted molar refractivity (Wildman–Crippen MR) is 128 cm³/mol. The second-order valence-corrected chi connectivity index (χ2v) is 8.32. The molecule has 170 valence electrons. The van der Waals surface area contributed by atoms with E-state index < -0.39 is 0 Å². The maximum atomic E-state index is 11.7. The zero-order valence-electron chi connectivity index (χ0n) is 19.8. The largest absolute Gasteiger partial charge is 0.466 e. The number of esters is 1. The zero-order chi connectivity index (χ0) is 21.3. The Morgan fingerprint density at radius 3 is 1.72 bits per heavy atom. The van der Waals surface area contributed by atoms with Crippen molar-refractivity contribution in [1.29, 1.82) is 0 Å². The molecule has 0 aromatic heterocycles. The first-order valence-electron chi connectivity index (χ1n) is 12.8. The molecule has 0 atom stereocenters. The molecule has 0 amide bonds. The molecule has 0 saturated heterocycles. The molecule has 0 fully saturated rings. The maximum Gasteiger partial charge on any atom is 0.305 e. The van der Waals surface area contributed by atoms with Crippen LogP contribution in [-0.2, 0) is 9.53 Å². The number of carbonyl (C=O) groups is 1. The van der Waals surface area contributed by atoms with Crippen molar-refractivity contribution in [1.82, 2.24) is 0 Å². The molecule has 2 nitrogen and oxygen atoms in total. The smallest absolute Gasteiger partial charge is 0.305 e. The lowest BCUT2D eigenvalue weighted by Gasteiger charge is -2.05. The van der Waals surface area contributed by atoms with Gasteiger partial charge in [0.2, 0.25) is 0 Å². The standard InChI is InChI=1S/C27H50O2/c1-3-5-7-9-11-12-13-14-15-16-17-18-19-21-23-25-27(28)29-26-24-22-20-10-8-6-4-2/h11-12,14-15H,3-10,13,16-26H2,1-2H3. The van der Waals surface area contributed by atoms with E-state index in [1.165, 1.54) is 89.9 Å². The van der Waals surface area contributed by atoms with Crippen LogP contribution in [0.2, 0.25) is 0 Å². The molecule has 0 unspecified atom stereocenters. The molecule has 0 aromatic carbocycles. The van der Waals surface area contributed by atoms with Crippen molar-refractivity contribution in [3.63, 3.8) is 0 Å². The van der Waals surface area contributed by atoms with Crippen LogP contribution in [0, 0.1) is 0 Å². The number of allylic oxidation sites excluding steroid dienone is 4. The first-order chi connectivity index (χ1) is 14.3. The van der Waals surface area contributed by atoms with Crippen molar-refractivity contribution in [2.75, 3.05) is 6.61 Å². The Hall–Kier alpha value is -1.05. The minimum atomic E-state index is 0.00154. The van der Waals surface area contributed by atoms with E-state index in [2.05, 4.69) is 38.2 Å². The summed E-state index contributed by atoms with van der Waals surface area (Å²) in [5, 5.41) is 0. The molecule has 0 heterocycles. The van der Waals surface area contributed by atoms with Gasteiger partial charge in [-0.15, -0.1) is 0 Å². The number of ether oxygens (including phenoxy) is 1. The van der Waals surface area contributed by atoms with Crippen LogP contribution < -0.4 is 0 Å². The second kappa shape index (κ2) is 25.0. The number of hydrogen-bond donors (Lipinski definition) is 0. The quantitative estimate of drug-likeness (QED) is 0.102. The van der Waals surface area contributed by atoms with E-state index in [0.29, 0.717) is 13.0 Å². The summed E-state index contributed by atoms with van der Waals surface area (Å²) in [6.07, 6.45) is 32.0. The minimum Gasteiger partial charge on any atom is -0.466 e. The fourth-order valence-electron chi connectivity index (χ4n) is 3.40. The lowest BCUT2D eigenvalue weighted by atomic mass is 10.1. The normalized spacial score (nSPS) is 11.7. The number of rotatable bonds is 22. The van der Waals surface area contributed by atoms with Gasteiger partial charge in [0.05, 0.1) is 6.61 Å². The summed E-state index contributed by atoms with van der Waals surface area (Å²) in [5.41, 5.74) is 0. The monoisotopic (exact) mass is 406 g/mol. The molecule has 29 heavy (non-hydrogen) atoms. The number of hydrogen-bond acceptors (Lipinski definition) is 2. The zero-order valence-corrected chi connectivity index (χ0v) is 19.8. The fraction of sp³-hybridized carbons (Fsp3) is 0.815. The summed E-state index contributed by atoms with van der Waals surface area (Å²) in [5.74, 6) is 0.00154. The van der Waals surface area contributed by atoms with Crippen LogP contribution >= 0.6 is 0 Å². The Bertz CT molecular complexity index is 384. The molecule has 0 aliphatic heterocycles. The Morgan fingerprint density at radius 1 is 0.586 bits per heavy atom. The molecule has 0 spiro atoms. The van der Waals surface area contributed by atoms with Gasteiger partial charge in [-0.05, 0) is 44.9 Å². The molecule has 0 aliphatic rings. The molecular formula is C27H50O2. The highest BCUT2D eigenvalue weighted by Gasteiger charge is 2.02. The number of unbranched alkanes of at least 4 members (excludes halogenated alkanes) is 14. The van der Waals surface area contributed by atoms with Gasteiger partial charge in [0.15, 0.2) is 0 Å². The minimum absolute atomic E-state index is 0.00154. The first-order valence-corrected chi connectivity index (χ1v) is 12.8. The molecule has 0 saturated carbocycles. The molecule has 0 rings (SSSR count).